The second-order valence-electron chi connectivity index (χ2n) is 3.46. The third-order valence-corrected chi connectivity index (χ3v) is 3.04. The molecule has 2 aromatic rings. The highest BCUT2D eigenvalue weighted by Gasteiger charge is 1.98. The number of allylic oxidation sites excluding steroid dienone is 1. The maximum atomic E-state index is 11.7. The van der Waals surface area contributed by atoms with Crippen LogP contribution < -0.4 is 0 Å². The monoisotopic (exact) mass is 240 g/mol. The van der Waals surface area contributed by atoms with Crippen molar-refractivity contribution in [3.8, 4) is 0 Å². The Bertz CT molecular complexity index is 503. The van der Waals surface area contributed by atoms with Crippen LogP contribution in [0.3, 0.4) is 0 Å². The number of carbonyl (C=O) groups excluding carboxylic acids is 1. The number of benzene rings is 2. The predicted molar refractivity (Wildman–Crippen MR) is 72.2 cm³/mol. The lowest BCUT2D eigenvalue weighted by atomic mass is 10.1. The minimum absolute atomic E-state index is 0.0361. The molecule has 1 nitrogen and oxygen atoms in total. The molecule has 2 aromatic carbocycles. The fourth-order valence-corrected chi connectivity index (χ4v) is 2.04. The standard InChI is InChI=1S/C15H12OS/c16-15(13-7-3-1-4-8-13)11-12-17-14-9-5-2-6-10-14/h1-12H. The van der Waals surface area contributed by atoms with Crippen molar-refractivity contribution in [1.82, 2.24) is 0 Å². The summed E-state index contributed by atoms with van der Waals surface area (Å²) < 4.78 is 0. The Morgan fingerprint density at radius 1 is 0.882 bits per heavy atom. The van der Waals surface area contributed by atoms with Gasteiger partial charge >= 0.3 is 0 Å². The van der Waals surface area contributed by atoms with Crippen LogP contribution in [0.1, 0.15) is 10.4 Å². The molecule has 0 unspecified atom stereocenters. The number of ketones is 1. The molecule has 0 fully saturated rings. The lowest BCUT2D eigenvalue weighted by Gasteiger charge is -1.95. The van der Waals surface area contributed by atoms with Gasteiger partial charge in [-0.3, -0.25) is 4.79 Å². The van der Waals surface area contributed by atoms with Crippen molar-refractivity contribution in [1.29, 1.82) is 0 Å². The highest BCUT2D eigenvalue weighted by Crippen LogP contribution is 2.18. The van der Waals surface area contributed by atoms with Gasteiger partial charge < -0.3 is 0 Å². The van der Waals surface area contributed by atoms with E-state index in [-0.39, 0.29) is 5.78 Å². The van der Waals surface area contributed by atoms with Crippen molar-refractivity contribution in [3.05, 3.63) is 77.7 Å². The van der Waals surface area contributed by atoms with Gasteiger partial charge in [0.2, 0.25) is 0 Å². The van der Waals surface area contributed by atoms with Crippen molar-refractivity contribution in [2.24, 2.45) is 0 Å². The minimum atomic E-state index is 0.0361. The van der Waals surface area contributed by atoms with Gasteiger partial charge in [0.15, 0.2) is 5.78 Å². The summed E-state index contributed by atoms with van der Waals surface area (Å²) >= 11 is 1.54. The van der Waals surface area contributed by atoms with Gasteiger partial charge in [-0.15, -0.1) is 0 Å². The van der Waals surface area contributed by atoms with E-state index in [2.05, 4.69) is 0 Å². The zero-order valence-electron chi connectivity index (χ0n) is 9.24. The molecule has 0 N–H and O–H groups in total. The third kappa shape index (κ3) is 3.61. The van der Waals surface area contributed by atoms with Crippen LogP contribution in [-0.4, -0.2) is 5.78 Å². The van der Waals surface area contributed by atoms with E-state index in [1.165, 1.54) is 0 Å². The van der Waals surface area contributed by atoms with Gasteiger partial charge in [0.25, 0.3) is 0 Å². The van der Waals surface area contributed by atoms with Crippen molar-refractivity contribution in [2.45, 2.75) is 4.90 Å². The highest BCUT2D eigenvalue weighted by molar-refractivity contribution is 8.02. The SMILES string of the molecule is O=C(C=CSc1ccccc1)c1ccccc1. The van der Waals surface area contributed by atoms with E-state index < -0.39 is 0 Å². The second-order valence-corrected chi connectivity index (χ2v) is 4.44. The highest BCUT2D eigenvalue weighted by atomic mass is 32.2. The molecule has 0 aliphatic carbocycles. The first kappa shape index (κ1) is 11.7. The van der Waals surface area contributed by atoms with E-state index in [1.807, 2.05) is 66.1 Å². The Labute approximate surface area is 105 Å². The largest absolute Gasteiger partial charge is 0.289 e. The molecule has 0 aromatic heterocycles. The number of hydrogen-bond donors (Lipinski definition) is 0. The van der Waals surface area contributed by atoms with E-state index in [0.29, 0.717) is 0 Å². The molecule has 0 amide bonds. The number of rotatable bonds is 4. The van der Waals surface area contributed by atoms with Crippen LogP contribution in [0, 0.1) is 0 Å². The van der Waals surface area contributed by atoms with Crippen LogP contribution >= 0.6 is 11.8 Å². The number of thioether (sulfide) groups is 1. The van der Waals surface area contributed by atoms with E-state index in [1.54, 1.807) is 17.8 Å². The first-order valence-electron chi connectivity index (χ1n) is 5.34. The summed E-state index contributed by atoms with van der Waals surface area (Å²) in [5, 5.41) is 1.82. The van der Waals surface area contributed by atoms with E-state index in [9.17, 15) is 4.79 Å². The third-order valence-electron chi connectivity index (χ3n) is 2.23. The molecule has 2 heteroatoms. The molecule has 0 heterocycles. The summed E-state index contributed by atoms with van der Waals surface area (Å²) in [7, 11) is 0. The quantitative estimate of drug-likeness (QED) is 0.453. The lowest BCUT2D eigenvalue weighted by Crippen LogP contribution is -1.92. The van der Waals surface area contributed by atoms with Crippen molar-refractivity contribution >= 4 is 17.5 Å². The summed E-state index contributed by atoms with van der Waals surface area (Å²) in [4.78, 5) is 12.9. The van der Waals surface area contributed by atoms with Gasteiger partial charge in [-0.1, -0.05) is 60.3 Å². The van der Waals surface area contributed by atoms with E-state index in [0.717, 1.165) is 10.5 Å². The zero-order valence-corrected chi connectivity index (χ0v) is 10.1. The maximum absolute atomic E-state index is 11.7. The van der Waals surface area contributed by atoms with Crippen molar-refractivity contribution < 1.29 is 4.79 Å². The molecule has 0 saturated carbocycles. The molecule has 84 valence electrons. The van der Waals surface area contributed by atoms with Crippen LogP contribution in [0.2, 0.25) is 0 Å². The van der Waals surface area contributed by atoms with Crippen LogP contribution in [-0.2, 0) is 0 Å². The molecule has 0 saturated heterocycles. The van der Waals surface area contributed by atoms with Crippen LogP contribution in [0.4, 0.5) is 0 Å². The van der Waals surface area contributed by atoms with Gasteiger partial charge in [-0.05, 0) is 23.6 Å². The summed E-state index contributed by atoms with van der Waals surface area (Å²) in [5.74, 6) is 0.0361. The molecule has 2 rings (SSSR count). The Morgan fingerprint density at radius 3 is 2.12 bits per heavy atom. The maximum Gasteiger partial charge on any atom is 0.186 e. The Hall–Kier alpha value is -1.80. The molecular formula is C15H12OS. The van der Waals surface area contributed by atoms with Crippen LogP contribution in [0.15, 0.2) is 77.0 Å². The summed E-state index contributed by atoms with van der Waals surface area (Å²) in [6.45, 7) is 0. The molecule has 0 aliphatic heterocycles. The normalized spacial score (nSPS) is 10.6. The second kappa shape index (κ2) is 6.06. The molecule has 0 spiro atoms. The smallest absolute Gasteiger partial charge is 0.186 e. The molecule has 17 heavy (non-hydrogen) atoms. The molecule has 0 atom stereocenters. The summed E-state index contributed by atoms with van der Waals surface area (Å²) in [5.41, 5.74) is 0.720. The topological polar surface area (TPSA) is 17.1 Å². The van der Waals surface area contributed by atoms with Crippen LogP contribution in [0.25, 0.3) is 0 Å². The summed E-state index contributed by atoms with van der Waals surface area (Å²) in [6.07, 6.45) is 1.60. The summed E-state index contributed by atoms with van der Waals surface area (Å²) in [6, 6.07) is 19.2. The molecule has 0 aliphatic rings. The minimum Gasteiger partial charge on any atom is -0.289 e. The lowest BCUT2D eigenvalue weighted by molar-refractivity contribution is 0.104. The molecule has 0 radical (unpaired) electrons. The average molecular weight is 240 g/mol. The van der Waals surface area contributed by atoms with E-state index in [4.69, 9.17) is 0 Å². The first-order valence-corrected chi connectivity index (χ1v) is 6.22. The van der Waals surface area contributed by atoms with Gasteiger partial charge in [-0.25, -0.2) is 0 Å². The Morgan fingerprint density at radius 2 is 1.47 bits per heavy atom. The molecular weight excluding hydrogens is 228 g/mol. The number of hydrogen-bond acceptors (Lipinski definition) is 2. The van der Waals surface area contributed by atoms with Gasteiger partial charge in [0.1, 0.15) is 0 Å². The number of carbonyl (C=O) groups is 1. The Balaban J connectivity index is 1.96. The fraction of sp³-hybridized carbons (Fsp3) is 0. The van der Waals surface area contributed by atoms with Gasteiger partial charge in [0.05, 0.1) is 0 Å². The van der Waals surface area contributed by atoms with Crippen molar-refractivity contribution in [3.63, 3.8) is 0 Å². The fourth-order valence-electron chi connectivity index (χ4n) is 1.37. The predicted octanol–water partition coefficient (Wildman–Crippen LogP) is 4.18. The van der Waals surface area contributed by atoms with Gasteiger partial charge in [0, 0.05) is 10.5 Å². The van der Waals surface area contributed by atoms with Crippen LogP contribution in [0.5, 0.6) is 0 Å². The van der Waals surface area contributed by atoms with Crippen molar-refractivity contribution in [2.75, 3.05) is 0 Å². The Kier molecular flexibility index (Phi) is 4.17. The average Bonchev–Trinajstić information content (AvgIpc) is 2.41. The molecule has 0 bridgehead atoms. The zero-order chi connectivity index (χ0) is 11.9. The first-order chi connectivity index (χ1) is 8.36. The van der Waals surface area contributed by atoms with Gasteiger partial charge in [-0.2, -0.15) is 0 Å². The van der Waals surface area contributed by atoms with E-state index >= 15 is 0 Å².